The molecule has 1 aromatic carbocycles. The van der Waals surface area contributed by atoms with Crippen LogP contribution in [0.3, 0.4) is 0 Å². The van der Waals surface area contributed by atoms with E-state index in [4.69, 9.17) is 45.0 Å². The van der Waals surface area contributed by atoms with Gasteiger partial charge in [0.1, 0.15) is 13.3 Å². The molecule has 0 unspecified atom stereocenters. The SMILES string of the molecule is CC1=CC(=C(P(Cl)Cl)P(Cl)Cl)N(Cc2ccccc2)C=C1. The highest BCUT2D eigenvalue weighted by atomic mass is 35.9. The van der Waals surface area contributed by atoms with E-state index in [1.165, 1.54) is 5.56 Å². The summed E-state index contributed by atoms with van der Waals surface area (Å²) in [6.45, 7) is -0.0219. The lowest BCUT2D eigenvalue weighted by atomic mass is 10.1. The molecular weight excluding hydrogens is 386 g/mol. The Morgan fingerprint density at radius 1 is 1.05 bits per heavy atom. The second kappa shape index (κ2) is 8.21. The maximum Gasteiger partial charge on any atom is 0.121 e. The summed E-state index contributed by atoms with van der Waals surface area (Å²) in [5.74, 6) is 0. The van der Waals surface area contributed by atoms with Gasteiger partial charge in [0.05, 0.1) is 10.8 Å². The van der Waals surface area contributed by atoms with Crippen LogP contribution in [0.1, 0.15) is 12.5 Å². The number of rotatable bonds is 4. The molecule has 1 heterocycles. The molecule has 2 rings (SSSR count). The fourth-order valence-electron chi connectivity index (χ4n) is 1.98. The van der Waals surface area contributed by atoms with Crippen LogP contribution in [-0.2, 0) is 6.54 Å². The van der Waals surface area contributed by atoms with Crippen LogP contribution in [0.4, 0.5) is 0 Å². The highest BCUT2D eigenvalue weighted by Crippen LogP contribution is 2.73. The molecule has 1 aliphatic heterocycles. The van der Waals surface area contributed by atoms with Gasteiger partial charge in [0.15, 0.2) is 0 Å². The number of hydrogen-bond acceptors (Lipinski definition) is 1. The number of nitrogens with zero attached hydrogens (tertiary/aromatic N) is 1. The molecule has 1 nitrogen and oxygen atoms in total. The van der Waals surface area contributed by atoms with Crippen molar-refractivity contribution in [2.24, 2.45) is 0 Å². The highest BCUT2D eigenvalue weighted by molar-refractivity contribution is 8.21. The quantitative estimate of drug-likeness (QED) is 0.469. The van der Waals surface area contributed by atoms with Gasteiger partial charge in [-0.2, -0.15) is 0 Å². The van der Waals surface area contributed by atoms with Crippen molar-refractivity contribution < 1.29 is 0 Å². The second-order valence-electron chi connectivity index (χ2n) is 4.49. The summed E-state index contributed by atoms with van der Waals surface area (Å²) in [6.07, 6.45) is 6.08. The van der Waals surface area contributed by atoms with Crippen LogP contribution in [0.2, 0.25) is 0 Å². The van der Waals surface area contributed by atoms with E-state index < -0.39 is 13.3 Å². The van der Waals surface area contributed by atoms with Crippen LogP contribution in [-0.4, -0.2) is 4.90 Å². The molecule has 1 aliphatic rings. The molecule has 1 aromatic rings. The first-order valence-electron chi connectivity index (χ1n) is 6.13. The third-order valence-corrected chi connectivity index (χ3v) is 8.68. The molecule has 0 atom stereocenters. The lowest BCUT2D eigenvalue weighted by Crippen LogP contribution is -2.18. The monoisotopic (exact) mass is 397 g/mol. The number of hydrogen-bond donors (Lipinski definition) is 0. The van der Waals surface area contributed by atoms with Crippen LogP contribution < -0.4 is 0 Å². The summed E-state index contributed by atoms with van der Waals surface area (Å²) in [6, 6.07) is 10.2. The molecule has 0 N–H and O–H groups in total. The Morgan fingerprint density at radius 2 is 1.67 bits per heavy atom. The van der Waals surface area contributed by atoms with E-state index in [0.29, 0.717) is 6.54 Å². The molecule has 112 valence electrons. The first kappa shape index (κ1) is 17.6. The van der Waals surface area contributed by atoms with E-state index in [9.17, 15) is 0 Å². The molecule has 0 saturated carbocycles. The predicted molar refractivity (Wildman–Crippen MR) is 99.2 cm³/mol. The summed E-state index contributed by atoms with van der Waals surface area (Å²) in [4.78, 5) is 2.08. The first-order valence-corrected chi connectivity index (χ1v) is 12.4. The minimum atomic E-state index is -1.38. The topological polar surface area (TPSA) is 3.24 Å². The van der Waals surface area contributed by atoms with Crippen LogP contribution in [0.15, 0.2) is 65.0 Å². The van der Waals surface area contributed by atoms with Crippen molar-refractivity contribution in [2.75, 3.05) is 0 Å². The Kier molecular flexibility index (Phi) is 6.88. The van der Waals surface area contributed by atoms with Gasteiger partial charge in [-0.3, -0.25) is 0 Å². The molecule has 21 heavy (non-hydrogen) atoms. The number of halogens is 4. The normalized spacial score (nSPS) is 14.9. The minimum absolute atomic E-state index is 0.716. The van der Waals surface area contributed by atoms with E-state index in [2.05, 4.69) is 17.0 Å². The van der Waals surface area contributed by atoms with Crippen molar-refractivity contribution in [2.45, 2.75) is 13.5 Å². The molecule has 0 bridgehead atoms. The lowest BCUT2D eigenvalue weighted by Gasteiger charge is -2.28. The van der Waals surface area contributed by atoms with E-state index in [1.54, 1.807) is 0 Å². The smallest absolute Gasteiger partial charge is 0.121 e. The van der Waals surface area contributed by atoms with E-state index in [0.717, 1.165) is 16.3 Å². The third kappa shape index (κ3) is 4.87. The Balaban J connectivity index is 2.39. The van der Waals surface area contributed by atoms with Gasteiger partial charge in [-0.05, 0) is 30.2 Å². The molecule has 0 aromatic heterocycles. The molecule has 0 spiro atoms. The number of allylic oxidation sites excluding steroid dienone is 3. The van der Waals surface area contributed by atoms with Crippen molar-refractivity contribution in [1.82, 2.24) is 4.90 Å². The molecule has 7 heteroatoms. The molecular formula is C14H13Cl4NP2. The molecule has 0 fully saturated rings. The maximum atomic E-state index is 6.13. The first-order chi connectivity index (χ1) is 9.99. The standard InChI is InChI=1S/C14H13Cl4NP2/c1-11-7-8-19(10-12-5-3-2-4-6-12)13(9-11)14(20(15)16)21(17)18/h2-9H,10H2,1H3. The summed E-state index contributed by atoms with van der Waals surface area (Å²) in [5.41, 5.74) is 3.21. The average Bonchev–Trinajstić information content (AvgIpc) is 2.42. The van der Waals surface area contributed by atoms with Crippen molar-refractivity contribution in [3.8, 4) is 0 Å². The van der Waals surface area contributed by atoms with Crippen molar-refractivity contribution in [1.29, 1.82) is 0 Å². The van der Waals surface area contributed by atoms with Gasteiger partial charge in [-0.1, -0.05) is 75.3 Å². The average molecular weight is 399 g/mol. The largest absolute Gasteiger partial charge is 0.343 e. The Morgan fingerprint density at radius 3 is 2.24 bits per heavy atom. The van der Waals surface area contributed by atoms with Crippen molar-refractivity contribution >= 4 is 58.2 Å². The number of benzene rings is 1. The minimum Gasteiger partial charge on any atom is -0.343 e. The fourth-order valence-corrected chi connectivity index (χ4v) is 8.32. The van der Waals surface area contributed by atoms with Crippen LogP contribution in [0.25, 0.3) is 0 Å². The Bertz CT molecular complexity index is 572. The summed E-state index contributed by atoms with van der Waals surface area (Å²) < 4.78 is 0. The van der Waals surface area contributed by atoms with Crippen LogP contribution in [0, 0.1) is 0 Å². The van der Waals surface area contributed by atoms with Gasteiger partial charge in [0, 0.05) is 12.7 Å². The molecule has 0 aliphatic carbocycles. The van der Waals surface area contributed by atoms with Crippen molar-refractivity contribution in [3.63, 3.8) is 0 Å². The van der Waals surface area contributed by atoms with Gasteiger partial charge in [-0.15, -0.1) is 0 Å². The maximum absolute atomic E-state index is 6.13. The van der Waals surface area contributed by atoms with Gasteiger partial charge in [0.25, 0.3) is 0 Å². The van der Waals surface area contributed by atoms with E-state index in [-0.39, 0.29) is 0 Å². The summed E-state index contributed by atoms with van der Waals surface area (Å²) in [7, 11) is 0. The van der Waals surface area contributed by atoms with Crippen molar-refractivity contribution in [3.05, 3.63) is 70.6 Å². The lowest BCUT2D eigenvalue weighted by molar-refractivity contribution is 0.468. The van der Waals surface area contributed by atoms with Gasteiger partial charge in [-0.25, -0.2) is 0 Å². The Hall–Kier alpha value is 0.260. The second-order valence-corrected chi connectivity index (χ2v) is 11.8. The van der Waals surface area contributed by atoms with Gasteiger partial charge < -0.3 is 4.90 Å². The van der Waals surface area contributed by atoms with E-state index >= 15 is 0 Å². The zero-order valence-electron chi connectivity index (χ0n) is 11.2. The molecule has 0 radical (unpaired) electrons. The predicted octanol–water partition coefficient (Wildman–Crippen LogP) is 7.71. The summed E-state index contributed by atoms with van der Waals surface area (Å²) >= 11 is 24.5. The van der Waals surface area contributed by atoms with Crippen LogP contribution in [0.5, 0.6) is 0 Å². The van der Waals surface area contributed by atoms with Gasteiger partial charge >= 0.3 is 0 Å². The highest BCUT2D eigenvalue weighted by Gasteiger charge is 2.24. The fraction of sp³-hybridized carbons (Fsp3) is 0.143. The third-order valence-electron chi connectivity index (χ3n) is 2.94. The zero-order chi connectivity index (χ0) is 15.4. The molecule has 0 amide bonds. The van der Waals surface area contributed by atoms with Gasteiger partial charge in [0.2, 0.25) is 0 Å². The zero-order valence-corrected chi connectivity index (χ0v) is 16.0. The van der Waals surface area contributed by atoms with E-state index in [1.807, 2.05) is 43.5 Å². The molecule has 0 saturated heterocycles. The Labute approximate surface area is 146 Å². The summed E-state index contributed by atoms with van der Waals surface area (Å²) in [5, 5.41) is 0.728. The van der Waals surface area contributed by atoms with Crippen LogP contribution >= 0.6 is 58.2 Å².